The number of furan rings is 1. The number of nitrogens with zero attached hydrogens (tertiary/aromatic N) is 3. The van der Waals surface area contributed by atoms with E-state index in [-0.39, 0.29) is 5.92 Å². The molecule has 57 heavy (non-hydrogen) atoms. The summed E-state index contributed by atoms with van der Waals surface area (Å²) in [6.07, 6.45) is 0. The van der Waals surface area contributed by atoms with Crippen LogP contribution in [0, 0.1) is 0 Å². The van der Waals surface area contributed by atoms with Gasteiger partial charge in [0.1, 0.15) is 11.2 Å². The number of rotatable bonds is 5. The van der Waals surface area contributed by atoms with Crippen molar-refractivity contribution in [2.45, 2.75) is 5.92 Å². The highest BCUT2D eigenvalue weighted by Crippen LogP contribution is 2.51. The van der Waals surface area contributed by atoms with Gasteiger partial charge < -0.3 is 4.42 Å². The minimum atomic E-state index is 0.188. The molecule has 5 heteroatoms. The Morgan fingerprint density at radius 3 is 1.61 bits per heavy atom. The maximum atomic E-state index is 6.51. The molecule has 266 valence electrons. The number of benzene rings is 8. The molecule has 1 aliphatic carbocycles. The van der Waals surface area contributed by atoms with Crippen LogP contribution >= 0.6 is 11.3 Å². The van der Waals surface area contributed by atoms with Gasteiger partial charge in [0.2, 0.25) is 0 Å². The molecule has 0 atom stereocenters. The molecule has 11 aromatic rings. The third-order valence-corrected chi connectivity index (χ3v) is 12.6. The molecule has 0 fully saturated rings. The van der Waals surface area contributed by atoms with Crippen LogP contribution in [0.25, 0.3) is 98.5 Å². The van der Waals surface area contributed by atoms with E-state index in [1.807, 2.05) is 72.0 Å². The highest BCUT2D eigenvalue weighted by atomic mass is 32.1. The Bertz CT molecular complexity index is 3260. The second-order valence-corrected chi connectivity index (χ2v) is 15.8. The molecule has 0 amide bonds. The van der Waals surface area contributed by atoms with Gasteiger partial charge in [0.25, 0.3) is 0 Å². The van der Waals surface area contributed by atoms with E-state index in [0.29, 0.717) is 17.5 Å². The zero-order chi connectivity index (χ0) is 37.5. The van der Waals surface area contributed by atoms with Gasteiger partial charge in [0, 0.05) is 53.6 Å². The van der Waals surface area contributed by atoms with E-state index >= 15 is 0 Å². The summed E-state index contributed by atoms with van der Waals surface area (Å²) in [7, 11) is 0. The smallest absolute Gasteiger partial charge is 0.164 e. The fourth-order valence-electron chi connectivity index (χ4n) is 8.80. The van der Waals surface area contributed by atoms with Gasteiger partial charge in [0.05, 0.1) is 0 Å². The van der Waals surface area contributed by atoms with E-state index < -0.39 is 0 Å². The minimum Gasteiger partial charge on any atom is -0.456 e. The predicted octanol–water partition coefficient (Wildman–Crippen LogP) is 14.0. The van der Waals surface area contributed by atoms with E-state index in [0.717, 1.165) is 44.2 Å². The Labute approximate surface area is 332 Å². The average molecular weight is 746 g/mol. The molecule has 12 rings (SSSR count). The molecular formula is C52H31N3OS. The predicted molar refractivity (Wildman–Crippen MR) is 235 cm³/mol. The molecule has 8 aromatic carbocycles. The monoisotopic (exact) mass is 745 g/mol. The van der Waals surface area contributed by atoms with Gasteiger partial charge in [-0.3, -0.25) is 0 Å². The lowest BCUT2D eigenvalue weighted by molar-refractivity contribution is 0.669. The van der Waals surface area contributed by atoms with Crippen LogP contribution < -0.4 is 0 Å². The van der Waals surface area contributed by atoms with Crippen LogP contribution in [0.2, 0.25) is 0 Å². The Balaban J connectivity index is 0.961. The van der Waals surface area contributed by atoms with Gasteiger partial charge in [-0.15, -0.1) is 11.3 Å². The average Bonchev–Trinajstić information content (AvgIpc) is 3.95. The molecule has 0 saturated heterocycles. The summed E-state index contributed by atoms with van der Waals surface area (Å²) >= 11 is 1.88. The SMILES string of the molecule is c1ccc(-c2nc(-c3ccccc3)nc(-c3ccc4c(c3)oc3ccc(-c5ccc6sc7cccc(C8c9ccccc9-c9ccccc98)c7c6c5)cc34)n2)cc1. The van der Waals surface area contributed by atoms with Crippen molar-refractivity contribution in [1.29, 1.82) is 0 Å². The maximum absolute atomic E-state index is 6.51. The van der Waals surface area contributed by atoms with Gasteiger partial charge in [-0.1, -0.05) is 140 Å². The van der Waals surface area contributed by atoms with Crippen molar-refractivity contribution in [2.75, 3.05) is 0 Å². The maximum Gasteiger partial charge on any atom is 0.164 e. The van der Waals surface area contributed by atoms with Gasteiger partial charge in [-0.25, -0.2) is 15.0 Å². The zero-order valence-electron chi connectivity index (χ0n) is 30.6. The van der Waals surface area contributed by atoms with Gasteiger partial charge in [-0.2, -0.15) is 0 Å². The fraction of sp³-hybridized carbons (Fsp3) is 0.0192. The first-order valence-electron chi connectivity index (χ1n) is 19.2. The lowest BCUT2D eigenvalue weighted by Gasteiger charge is -2.16. The number of thiophene rings is 1. The third kappa shape index (κ3) is 5.17. The molecule has 0 aliphatic heterocycles. The lowest BCUT2D eigenvalue weighted by Crippen LogP contribution is -2.00. The van der Waals surface area contributed by atoms with Gasteiger partial charge >= 0.3 is 0 Å². The van der Waals surface area contributed by atoms with Crippen LogP contribution in [-0.4, -0.2) is 15.0 Å². The van der Waals surface area contributed by atoms with Crippen LogP contribution in [0.4, 0.5) is 0 Å². The molecule has 3 heterocycles. The Hall–Kier alpha value is -7.21. The van der Waals surface area contributed by atoms with Crippen molar-refractivity contribution in [2.24, 2.45) is 0 Å². The quantitative estimate of drug-likeness (QED) is 0.176. The van der Waals surface area contributed by atoms with Crippen LogP contribution in [0.1, 0.15) is 22.6 Å². The number of hydrogen-bond acceptors (Lipinski definition) is 5. The minimum absolute atomic E-state index is 0.188. The number of fused-ring (bicyclic) bond motifs is 9. The summed E-state index contributed by atoms with van der Waals surface area (Å²) in [6, 6.07) is 64.5. The van der Waals surface area contributed by atoms with Crippen LogP contribution in [0.3, 0.4) is 0 Å². The van der Waals surface area contributed by atoms with Gasteiger partial charge in [-0.05, 0) is 81.4 Å². The first-order chi connectivity index (χ1) is 28.2. The molecule has 0 saturated carbocycles. The Morgan fingerprint density at radius 1 is 0.368 bits per heavy atom. The Kier molecular flexibility index (Phi) is 7.13. The topological polar surface area (TPSA) is 51.8 Å². The van der Waals surface area contributed by atoms with Gasteiger partial charge in [0.15, 0.2) is 17.5 Å². The molecule has 0 N–H and O–H groups in total. The van der Waals surface area contributed by atoms with E-state index in [1.165, 1.54) is 53.6 Å². The highest BCUT2D eigenvalue weighted by molar-refractivity contribution is 7.25. The van der Waals surface area contributed by atoms with E-state index in [4.69, 9.17) is 19.4 Å². The molecule has 0 spiro atoms. The third-order valence-electron chi connectivity index (χ3n) is 11.4. The van der Waals surface area contributed by atoms with Crippen molar-refractivity contribution in [3.05, 3.63) is 199 Å². The van der Waals surface area contributed by atoms with Crippen molar-refractivity contribution in [1.82, 2.24) is 15.0 Å². The van der Waals surface area contributed by atoms with Crippen LogP contribution in [0.15, 0.2) is 186 Å². The second-order valence-electron chi connectivity index (χ2n) is 14.7. The van der Waals surface area contributed by atoms with Crippen molar-refractivity contribution in [3.8, 4) is 56.4 Å². The number of hydrogen-bond donors (Lipinski definition) is 0. The lowest BCUT2D eigenvalue weighted by atomic mass is 9.86. The summed E-state index contributed by atoms with van der Waals surface area (Å²) in [5, 5.41) is 4.78. The largest absolute Gasteiger partial charge is 0.456 e. The molecule has 4 nitrogen and oxygen atoms in total. The Morgan fingerprint density at radius 2 is 0.930 bits per heavy atom. The normalized spacial score (nSPS) is 12.5. The van der Waals surface area contributed by atoms with E-state index in [2.05, 4.69) is 121 Å². The van der Waals surface area contributed by atoms with E-state index in [9.17, 15) is 0 Å². The zero-order valence-corrected chi connectivity index (χ0v) is 31.4. The molecular weight excluding hydrogens is 715 g/mol. The summed E-state index contributed by atoms with van der Waals surface area (Å²) in [5.74, 6) is 2.06. The summed E-state index contributed by atoms with van der Waals surface area (Å²) in [5.41, 5.74) is 13.5. The summed E-state index contributed by atoms with van der Waals surface area (Å²) < 4.78 is 9.13. The van der Waals surface area contributed by atoms with E-state index in [1.54, 1.807) is 0 Å². The molecule has 0 radical (unpaired) electrons. The summed E-state index contributed by atoms with van der Waals surface area (Å²) in [4.78, 5) is 14.8. The fourth-order valence-corrected chi connectivity index (χ4v) is 9.92. The van der Waals surface area contributed by atoms with Crippen LogP contribution in [0.5, 0.6) is 0 Å². The second kappa shape index (κ2) is 12.7. The molecule has 3 aromatic heterocycles. The molecule has 0 unspecified atom stereocenters. The molecule has 0 bridgehead atoms. The summed E-state index contributed by atoms with van der Waals surface area (Å²) in [6.45, 7) is 0. The first-order valence-corrected chi connectivity index (χ1v) is 20.0. The highest BCUT2D eigenvalue weighted by Gasteiger charge is 2.31. The van der Waals surface area contributed by atoms with Crippen molar-refractivity contribution >= 4 is 53.4 Å². The first kappa shape index (κ1) is 32.1. The molecule has 1 aliphatic rings. The van der Waals surface area contributed by atoms with Crippen LogP contribution in [-0.2, 0) is 0 Å². The number of aromatic nitrogens is 3. The standard InChI is InChI=1S/C52H31N3OS/c1-3-12-31(13-4-1)50-53-51(32-14-5-2-6-15-32)55-52(54-50)35-22-25-38-42-28-33(23-26-44(42)56-45(38)30-35)34-24-27-46-43(29-34)49-41(20-11-21-47(49)57-46)48-39-18-9-7-16-36(39)37-17-8-10-19-40(37)48/h1-30,48H. The van der Waals surface area contributed by atoms with Crippen molar-refractivity contribution in [3.63, 3.8) is 0 Å². The van der Waals surface area contributed by atoms with Crippen molar-refractivity contribution < 1.29 is 4.42 Å².